The first-order valence-corrected chi connectivity index (χ1v) is 7.70. The zero-order chi connectivity index (χ0) is 16.1. The van der Waals surface area contributed by atoms with Crippen LogP contribution >= 0.6 is 23.2 Å². The van der Waals surface area contributed by atoms with Crippen molar-refractivity contribution in [1.29, 1.82) is 0 Å². The van der Waals surface area contributed by atoms with Crippen LogP contribution in [-0.2, 0) is 4.79 Å². The number of nitrogens with zero attached hydrogens (tertiary/aromatic N) is 1. The maximum atomic E-state index is 11.9. The van der Waals surface area contributed by atoms with Gasteiger partial charge in [0.05, 0.1) is 0 Å². The van der Waals surface area contributed by atoms with Crippen LogP contribution in [0, 0.1) is 0 Å². The van der Waals surface area contributed by atoms with Crippen molar-refractivity contribution in [1.82, 2.24) is 10.2 Å². The predicted octanol–water partition coefficient (Wildman–Crippen LogP) is 2.67. The van der Waals surface area contributed by atoms with Crippen molar-refractivity contribution in [2.24, 2.45) is 5.73 Å². The third-order valence-corrected chi connectivity index (χ3v) is 4.21. The number of halogens is 2. The summed E-state index contributed by atoms with van der Waals surface area (Å²) in [4.78, 5) is 24.5. The molecule has 3 N–H and O–H groups in total. The summed E-state index contributed by atoms with van der Waals surface area (Å²) in [5, 5.41) is 3.88. The fourth-order valence-corrected chi connectivity index (χ4v) is 2.85. The number of primary amides is 1. The van der Waals surface area contributed by atoms with Crippen LogP contribution in [0.3, 0.4) is 0 Å². The quantitative estimate of drug-likeness (QED) is 0.829. The molecular formula is C15H17Cl2N3O2. The van der Waals surface area contributed by atoms with Gasteiger partial charge in [0, 0.05) is 40.8 Å². The Morgan fingerprint density at radius 3 is 2.36 bits per heavy atom. The third-order valence-electron chi connectivity index (χ3n) is 3.55. The van der Waals surface area contributed by atoms with Gasteiger partial charge >= 0.3 is 6.03 Å². The summed E-state index contributed by atoms with van der Waals surface area (Å²) in [5.41, 5.74) is 5.83. The molecule has 1 aromatic carbocycles. The van der Waals surface area contributed by atoms with Crippen LogP contribution in [0.5, 0.6) is 0 Å². The van der Waals surface area contributed by atoms with Crippen molar-refractivity contribution in [3.8, 4) is 0 Å². The average Bonchev–Trinajstić information content (AvgIpc) is 2.47. The number of carbonyl (C=O) groups is 2. The molecule has 0 unspecified atom stereocenters. The van der Waals surface area contributed by atoms with E-state index >= 15 is 0 Å². The van der Waals surface area contributed by atoms with E-state index in [0.29, 0.717) is 41.5 Å². The second-order valence-corrected chi connectivity index (χ2v) is 5.89. The summed E-state index contributed by atoms with van der Waals surface area (Å²) in [7, 11) is 0. The summed E-state index contributed by atoms with van der Waals surface area (Å²) < 4.78 is 0. The van der Waals surface area contributed by atoms with Gasteiger partial charge in [0.25, 0.3) is 0 Å². The van der Waals surface area contributed by atoms with E-state index < -0.39 is 6.03 Å². The number of amides is 3. The number of carbonyl (C=O) groups excluding carboxylic acids is 2. The number of hydrogen-bond acceptors (Lipinski definition) is 2. The van der Waals surface area contributed by atoms with Crippen molar-refractivity contribution in [3.05, 3.63) is 39.9 Å². The zero-order valence-electron chi connectivity index (χ0n) is 11.9. The number of hydrogen-bond donors (Lipinski definition) is 2. The van der Waals surface area contributed by atoms with Gasteiger partial charge in [-0.15, -0.1) is 0 Å². The van der Waals surface area contributed by atoms with Crippen LogP contribution in [-0.4, -0.2) is 36.0 Å². The van der Waals surface area contributed by atoms with E-state index in [4.69, 9.17) is 28.9 Å². The number of nitrogens with two attached hydrogens (primary N) is 1. The van der Waals surface area contributed by atoms with E-state index in [9.17, 15) is 9.59 Å². The number of urea groups is 1. The van der Waals surface area contributed by atoms with Gasteiger partial charge < -0.3 is 16.0 Å². The standard InChI is InChI=1S/C15H17Cl2N3O2/c16-12-2-1-3-13(17)11(12)4-5-14(21)19-10-6-8-20(9-7-10)15(18)22/h1-5,10H,6-9H2,(H2,18,22)(H,19,21)/b5-4-. The Balaban J connectivity index is 1.89. The zero-order valence-corrected chi connectivity index (χ0v) is 13.4. The first-order chi connectivity index (χ1) is 10.5. The molecule has 118 valence electrons. The van der Waals surface area contributed by atoms with Crippen LogP contribution in [0.4, 0.5) is 4.79 Å². The van der Waals surface area contributed by atoms with E-state index in [0.717, 1.165) is 0 Å². The van der Waals surface area contributed by atoms with Crippen LogP contribution < -0.4 is 11.1 Å². The number of rotatable bonds is 3. The molecule has 1 aliphatic rings. The first-order valence-electron chi connectivity index (χ1n) is 6.94. The Hall–Kier alpha value is -1.72. The lowest BCUT2D eigenvalue weighted by Gasteiger charge is -2.30. The third kappa shape index (κ3) is 4.39. The lowest BCUT2D eigenvalue weighted by atomic mass is 10.1. The number of likely N-dealkylation sites (tertiary alicyclic amines) is 1. The normalized spacial score (nSPS) is 16.0. The molecule has 1 aliphatic heterocycles. The SMILES string of the molecule is NC(=O)N1CCC(NC(=O)/C=C\c2c(Cl)cccc2Cl)CC1. The van der Waals surface area contributed by atoms with Gasteiger partial charge in [-0.05, 0) is 31.1 Å². The number of nitrogens with one attached hydrogen (secondary N) is 1. The molecule has 1 heterocycles. The molecule has 1 fully saturated rings. The average molecular weight is 342 g/mol. The maximum absolute atomic E-state index is 11.9. The minimum atomic E-state index is -0.418. The lowest BCUT2D eigenvalue weighted by Crippen LogP contribution is -2.47. The van der Waals surface area contributed by atoms with E-state index in [2.05, 4.69) is 5.32 Å². The molecule has 7 heteroatoms. The second kappa shape index (κ2) is 7.51. The molecule has 5 nitrogen and oxygen atoms in total. The van der Waals surface area contributed by atoms with Gasteiger partial charge in [-0.2, -0.15) is 0 Å². The highest BCUT2D eigenvalue weighted by molar-refractivity contribution is 6.37. The largest absolute Gasteiger partial charge is 0.351 e. The van der Waals surface area contributed by atoms with Crippen molar-refractivity contribution in [2.45, 2.75) is 18.9 Å². The Labute approximate surface area is 139 Å². The lowest BCUT2D eigenvalue weighted by molar-refractivity contribution is -0.117. The molecule has 1 aromatic rings. The van der Waals surface area contributed by atoms with Crippen molar-refractivity contribution in [2.75, 3.05) is 13.1 Å². The minimum absolute atomic E-state index is 0.0365. The van der Waals surface area contributed by atoms with Gasteiger partial charge in [-0.25, -0.2) is 4.79 Å². The van der Waals surface area contributed by atoms with Gasteiger partial charge in [-0.3, -0.25) is 4.79 Å². The van der Waals surface area contributed by atoms with Crippen LogP contribution in [0.1, 0.15) is 18.4 Å². The van der Waals surface area contributed by atoms with Gasteiger partial charge in [0.15, 0.2) is 0 Å². The van der Waals surface area contributed by atoms with Crippen LogP contribution in [0.2, 0.25) is 10.0 Å². The highest BCUT2D eigenvalue weighted by Crippen LogP contribution is 2.25. The number of piperidine rings is 1. The fourth-order valence-electron chi connectivity index (χ4n) is 2.32. The Bertz CT molecular complexity index is 576. The Morgan fingerprint density at radius 1 is 1.23 bits per heavy atom. The molecule has 0 radical (unpaired) electrons. The molecule has 0 spiro atoms. The molecule has 3 amide bonds. The highest BCUT2D eigenvalue weighted by Gasteiger charge is 2.21. The van der Waals surface area contributed by atoms with E-state index in [1.165, 1.54) is 6.08 Å². The summed E-state index contributed by atoms with van der Waals surface area (Å²) in [5.74, 6) is -0.214. The molecule has 0 atom stereocenters. The van der Waals surface area contributed by atoms with Crippen LogP contribution in [0.25, 0.3) is 6.08 Å². The summed E-state index contributed by atoms with van der Waals surface area (Å²) in [6.45, 7) is 1.11. The minimum Gasteiger partial charge on any atom is -0.351 e. The molecule has 0 saturated carbocycles. The maximum Gasteiger partial charge on any atom is 0.314 e. The second-order valence-electron chi connectivity index (χ2n) is 5.08. The van der Waals surface area contributed by atoms with Gasteiger partial charge in [0.1, 0.15) is 0 Å². The van der Waals surface area contributed by atoms with E-state index in [-0.39, 0.29) is 11.9 Å². The first kappa shape index (κ1) is 16.6. The molecule has 0 bridgehead atoms. The summed E-state index contributed by atoms with van der Waals surface area (Å²) >= 11 is 12.1. The van der Waals surface area contributed by atoms with Gasteiger partial charge in [0.2, 0.25) is 5.91 Å². The van der Waals surface area contributed by atoms with Crippen molar-refractivity contribution >= 4 is 41.2 Å². The smallest absolute Gasteiger partial charge is 0.314 e. The summed E-state index contributed by atoms with van der Waals surface area (Å²) in [6, 6.07) is 4.79. The molecule has 0 aliphatic carbocycles. The topological polar surface area (TPSA) is 75.4 Å². The molecule has 22 heavy (non-hydrogen) atoms. The summed E-state index contributed by atoms with van der Waals surface area (Å²) in [6.07, 6.45) is 4.39. The Kier molecular flexibility index (Phi) is 5.69. The molecule has 2 rings (SSSR count). The molecular weight excluding hydrogens is 325 g/mol. The molecule has 0 aromatic heterocycles. The van der Waals surface area contributed by atoms with Gasteiger partial charge in [-0.1, -0.05) is 29.3 Å². The van der Waals surface area contributed by atoms with Crippen LogP contribution in [0.15, 0.2) is 24.3 Å². The Morgan fingerprint density at radius 2 is 1.82 bits per heavy atom. The van der Waals surface area contributed by atoms with E-state index in [1.54, 1.807) is 29.2 Å². The molecule has 1 saturated heterocycles. The van der Waals surface area contributed by atoms with E-state index in [1.807, 2.05) is 0 Å². The highest BCUT2D eigenvalue weighted by atomic mass is 35.5. The predicted molar refractivity (Wildman–Crippen MR) is 87.8 cm³/mol. The van der Waals surface area contributed by atoms with Crippen molar-refractivity contribution < 1.29 is 9.59 Å². The monoisotopic (exact) mass is 341 g/mol. The fraction of sp³-hybridized carbons (Fsp3) is 0.333. The number of benzene rings is 1. The van der Waals surface area contributed by atoms with Crippen molar-refractivity contribution in [3.63, 3.8) is 0 Å².